The largest absolute Gasteiger partial charge is 0.455 e. The third-order valence-electron chi connectivity index (χ3n) is 6.71. The predicted molar refractivity (Wildman–Crippen MR) is 148 cm³/mol. The van der Waals surface area contributed by atoms with E-state index in [2.05, 4.69) is 14.9 Å². The molecule has 0 spiro atoms. The molecule has 4 heterocycles. The molecule has 5 rings (SSSR count). The van der Waals surface area contributed by atoms with Gasteiger partial charge in [0.25, 0.3) is 11.1 Å². The van der Waals surface area contributed by atoms with Gasteiger partial charge in [-0.25, -0.2) is 0 Å². The van der Waals surface area contributed by atoms with Crippen LogP contribution in [0.1, 0.15) is 31.0 Å². The van der Waals surface area contributed by atoms with Gasteiger partial charge in [0, 0.05) is 60.3 Å². The molecule has 0 aliphatic rings. The summed E-state index contributed by atoms with van der Waals surface area (Å²) in [7, 11) is 3.34. The van der Waals surface area contributed by atoms with Crippen molar-refractivity contribution in [1.29, 1.82) is 0 Å². The second kappa shape index (κ2) is 9.23. The molecule has 0 fully saturated rings. The number of ether oxygens (including phenoxy) is 1. The van der Waals surface area contributed by atoms with Crippen LogP contribution in [0.2, 0.25) is 0 Å². The predicted octanol–water partition coefficient (Wildman–Crippen LogP) is 5.64. The van der Waals surface area contributed by atoms with Crippen molar-refractivity contribution in [2.24, 2.45) is 14.1 Å². The van der Waals surface area contributed by atoms with Crippen LogP contribution in [-0.4, -0.2) is 23.9 Å². The molecule has 0 amide bonds. The third-order valence-corrected chi connectivity index (χ3v) is 6.71. The van der Waals surface area contributed by atoms with Crippen LogP contribution in [0.15, 0.2) is 58.5 Å². The van der Waals surface area contributed by atoms with Gasteiger partial charge in [0.1, 0.15) is 11.3 Å². The van der Waals surface area contributed by atoms with Crippen LogP contribution in [0.3, 0.4) is 0 Å². The number of H-pyrrole nitrogens is 1. The Balaban J connectivity index is 1.77. The van der Waals surface area contributed by atoms with Gasteiger partial charge in [-0.15, -0.1) is 0 Å². The van der Waals surface area contributed by atoms with Crippen molar-refractivity contribution in [1.82, 2.24) is 23.9 Å². The van der Waals surface area contributed by atoms with Gasteiger partial charge in [0.2, 0.25) is 0 Å². The Bertz CT molecular complexity index is 1860. The molecule has 0 aliphatic carbocycles. The van der Waals surface area contributed by atoms with Crippen LogP contribution in [0.25, 0.3) is 38.1 Å². The highest BCUT2D eigenvalue weighted by atomic mass is 16.5. The summed E-state index contributed by atoms with van der Waals surface area (Å²) < 4.78 is 11.1. The molecule has 0 aliphatic heterocycles. The molecule has 38 heavy (non-hydrogen) atoms. The van der Waals surface area contributed by atoms with Crippen LogP contribution in [-0.2, 0) is 14.1 Å². The van der Waals surface area contributed by atoms with Gasteiger partial charge >= 0.3 is 5.82 Å². The Morgan fingerprint density at radius 3 is 2.34 bits per heavy atom. The van der Waals surface area contributed by atoms with E-state index in [4.69, 9.17) is 11.3 Å². The van der Waals surface area contributed by atoms with Crippen LogP contribution in [0.5, 0.6) is 11.5 Å². The number of pyridine rings is 2. The Morgan fingerprint density at radius 1 is 0.974 bits per heavy atom. The number of hydrogen-bond acceptors (Lipinski definition) is 4. The molecule has 9 heteroatoms. The quantitative estimate of drug-likeness (QED) is 0.311. The second-order valence-corrected chi connectivity index (χ2v) is 9.81. The van der Waals surface area contributed by atoms with Crippen LogP contribution >= 0.6 is 0 Å². The summed E-state index contributed by atoms with van der Waals surface area (Å²) in [6.07, 6.45) is 5.18. The fraction of sp³-hybridized carbons (Fsp3) is 0.241. The van der Waals surface area contributed by atoms with Gasteiger partial charge in [0.15, 0.2) is 5.75 Å². The average Bonchev–Trinajstić information content (AvgIpc) is 3.51. The lowest BCUT2D eigenvalue weighted by atomic mass is 10.0. The van der Waals surface area contributed by atoms with Gasteiger partial charge in [-0.3, -0.25) is 9.59 Å². The summed E-state index contributed by atoms with van der Waals surface area (Å²) in [5.41, 5.74) is 4.29. The number of aromatic amines is 1. The first-order valence-electron chi connectivity index (χ1n) is 12.2. The number of para-hydroxylation sites is 1. The first kappa shape index (κ1) is 24.8. The molecule has 0 unspecified atom stereocenters. The summed E-state index contributed by atoms with van der Waals surface area (Å²) in [6, 6.07) is 9.34. The van der Waals surface area contributed by atoms with Gasteiger partial charge in [-0.1, -0.05) is 24.8 Å². The number of aromatic nitrogens is 5. The van der Waals surface area contributed by atoms with Gasteiger partial charge in [0.05, 0.1) is 12.2 Å². The number of rotatable bonds is 5. The summed E-state index contributed by atoms with van der Waals surface area (Å²) >= 11 is 0. The average molecular weight is 509 g/mol. The van der Waals surface area contributed by atoms with E-state index in [0.717, 1.165) is 11.1 Å². The molecule has 0 saturated heterocycles. The molecule has 1 aromatic carbocycles. The topological polar surface area (TPSA) is 91.2 Å². The molecular formula is C29H28N6O3. The minimum atomic E-state index is -0.225. The van der Waals surface area contributed by atoms with E-state index in [0.29, 0.717) is 44.8 Å². The van der Waals surface area contributed by atoms with Crippen molar-refractivity contribution in [3.8, 4) is 33.9 Å². The van der Waals surface area contributed by atoms with Crippen molar-refractivity contribution in [2.75, 3.05) is 0 Å². The maximum absolute atomic E-state index is 13.2. The molecule has 9 nitrogen and oxygen atoms in total. The number of nitrogens with zero attached hydrogens (tertiary/aromatic N) is 5. The molecule has 192 valence electrons. The molecule has 0 radical (unpaired) electrons. The zero-order valence-electron chi connectivity index (χ0n) is 22.2. The van der Waals surface area contributed by atoms with Crippen molar-refractivity contribution in [2.45, 2.75) is 33.7 Å². The molecular weight excluding hydrogens is 480 g/mol. The number of fused-ring (bicyclic) bond motifs is 1. The highest BCUT2D eigenvalue weighted by molar-refractivity contribution is 5.99. The lowest BCUT2D eigenvalue weighted by molar-refractivity contribution is 0.470. The normalized spacial score (nSPS) is 11.3. The van der Waals surface area contributed by atoms with Gasteiger partial charge < -0.3 is 23.7 Å². The number of aryl methyl sites for hydroxylation is 4. The first-order chi connectivity index (χ1) is 18.1. The summed E-state index contributed by atoms with van der Waals surface area (Å²) in [5, 5.41) is 5.01. The molecule has 0 bridgehead atoms. The Kier molecular flexibility index (Phi) is 6.03. The maximum atomic E-state index is 13.2. The van der Waals surface area contributed by atoms with Crippen LogP contribution in [0.4, 0.5) is 5.82 Å². The highest BCUT2D eigenvalue weighted by Crippen LogP contribution is 2.39. The standard InChI is InChI=1S/C29H28N6O3/c1-16(2)35-14-22(28(30-5)32-35)23-11-20-21(13-34(7)29(37)26(20)31-23)19-12-25(36)33(6)15-24(19)38-27-17(3)9-8-10-18(27)4/h8-16,31H,1-4,6-7H3. The Labute approximate surface area is 219 Å². The van der Waals surface area contributed by atoms with Gasteiger partial charge in [-0.2, -0.15) is 4.68 Å². The van der Waals surface area contributed by atoms with E-state index < -0.39 is 0 Å². The molecule has 0 atom stereocenters. The number of benzene rings is 1. The fourth-order valence-corrected chi connectivity index (χ4v) is 4.58. The summed E-state index contributed by atoms with van der Waals surface area (Å²) in [4.78, 5) is 32.8. The lowest BCUT2D eigenvalue weighted by Gasteiger charge is -2.17. The highest BCUT2D eigenvalue weighted by Gasteiger charge is 2.21. The SMILES string of the molecule is [C-]#[N+]c1nn(C(C)C)cc1-c1cc2c(-c3cc(=O)n(C)cc3Oc3c(C)cccc3C)cn(C)c(=O)c2[nH]1. The summed E-state index contributed by atoms with van der Waals surface area (Å²) in [6.45, 7) is 15.5. The lowest BCUT2D eigenvalue weighted by Crippen LogP contribution is -2.18. The monoisotopic (exact) mass is 508 g/mol. The molecule has 1 N–H and O–H groups in total. The fourth-order valence-electron chi connectivity index (χ4n) is 4.58. The Hall–Kier alpha value is -4.84. The van der Waals surface area contributed by atoms with Crippen LogP contribution < -0.4 is 15.9 Å². The molecule has 0 saturated carbocycles. The molecule has 5 aromatic rings. The van der Waals surface area contributed by atoms with Crippen molar-refractivity contribution < 1.29 is 4.74 Å². The molecule has 4 aromatic heterocycles. The smallest absolute Gasteiger partial charge is 0.304 e. The number of nitrogens with one attached hydrogen (secondary N) is 1. The van der Waals surface area contributed by atoms with Crippen molar-refractivity contribution in [3.63, 3.8) is 0 Å². The zero-order valence-corrected chi connectivity index (χ0v) is 22.2. The van der Waals surface area contributed by atoms with Crippen molar-refractivity contribution in [3.05, 3.63) is 92.2 Å². The van der Waals surface area contributed by atoms with E-state index in [9.17, 15) is 9.59 Å². The maximum Gasteiger partial charge on any atom is 0.304 e. The minimum absolute atomic E-state index is 0.0715. The zero-order chi connectivity index (χ0) is 27.3. The van der Waals surface area contributed by atoms with E-state index in [1.165, 1.54) is 15.2 Å². The van der Waals surface area contributed by atoms with E-state index in [1.807, 2.05) is 52.0 Å². The first-order valence-corrected chi connectivity index (χ1v) is 12.2. The Morgan fingerprint density at radius 2 is 1.68 bits per heavy atom. The third kappa shape index (κ3) is 4.10. The van der Waals surface area contributed by atoms with Crippen LogP contribution in [0, 0.1) is 20.4 Å². The second-order valence-electron chi connectivity index (χ2n) is 9.81. The van der Waals surface area contributed by atoms with E-state index in [-0.39, 0.29) is 23.0 Å². The van der Waals surface area contributed by atoms with Crippen molar-refractivity contribution >= 4 is 16.7 Å². The number of hydrogen-bond donors (Lipinski definition) is 1. The van der Waals surface area contributed by atoms with Gasteiger partial charge in [-0.05, 0) is 50.0 Å². The summed E-state index contributed by atoms with van der Waals surface area (Å²) in [5.74, 6) is 1.45. The van der Waals surface area contributed by atoms with E-state index in [1.54, 1.807) is 37.4 Å². The minimum Gasteiger partial charge on any atom is -0.455 e. The van der Waals surface area contributed by atoms with E-state index >= 15 is 0 Å².